The number of pyridine rings is 1. The van der Waals surface area contributed by atoms with Crippen molar-refractivity contribution in [1.29, 1.82) is 0 Å². The highest BCUT2D eigenvalue weighted by Gasteiger charge is 2.20. The number of aryl methyl sites for hydroxylation is 2. The number of aromatic nitrogens is 1. The molecule has 1 heterocycles. The normalized spacial score (nSPS) is 12.5. The van der Waals surface area contributed by atoms with Gasteiger partial charge >= 0.3 is 6.09 Å². The zero-order valence-electron chi connectivity index (χ0n) is 20.2. The predicted octanol–water partition coefficient (Wildman–Crippen LogP) is 6.10. The van der Waals surface area contributed by atoms with E-state index >= 15 is 0 Å². The number of rotatable bonds is 5. The first kappa shape index (κ1) is 24.6. The van der Waals surface area contributed by atoms with Gasteiger partial charge in [-0.15, -0.1) is 0 Å². The fourth-order valence-corrected chi connectivity index (χ4v) is 4.01. The minimum atomic E-state index is -0.532. The highest BCUT2D eigenvalue weighted by Crippen LogP contribution is 2.40. The van der Waals surface area contributed by atoms with E-state index in [2.05, 4.69) is 10.3 Å². The summed E-state index contributed by atoms with van der Waals surface area (Å²) in [6, 6.07) is 10.0. The fourth-order valence-electron chi connectivity index (χ4n) is 3.87. The molecule has 0 saturated carbocycles. The number of H-pyrrole nitrogens is 1. The standard InChI is InChI=1S/C26H31ClN2O4/c1-14-12-19(32-7)21(20-16(3)22(27)24(30)29-23(14)20)18-10-8-17(9-11-18)15(2)13-28-25(31)33-26(4,5)6/h8-12,15H,13H2,1-7H3,(H,28,31)(H,29,30). The van der Waals surface area contributed by atoms with Crippen molar-refractivity contribution in [3.8, 4) is 16.9 Å². The Balaban J connectivity index is 1.96. The topological polar surface area (TPSA) is 80.4 Å². The van der Waals surface area contributed by atoms with E-state index in [9.17, 15) is 9.59 Å². The number of hydrogen-bond acceptors (Lipinski definition) is 4. The molecule has 2 N–H and O–H groups in total. The second kappa shape index (κ2) is 9.48. The van der Waals surface area contributed by atoms with Gasteiger partial charge in [0.05, 0.1) is 12.6 Å². The largest absolute Gasteiger partial charge is 0.496 e. The van der Waals surface area contributed by atoms with Crippen molar-refractivity contribution < 1.29 is 14.3 Å². The molecule has 0 aliphatic heterocycles. The van der Waals surface area contributed by atoms with Crippen molar-refractivity contribution in [2.75, 3.05) is 13.7 Å². The lowest BCUT2D eigenvalue weighted by Crippen LogP contribution is -2.34. The van der Waals surface area contributed by atoms with Crippen molar-refractivity contribution in [3.05, 3.63) is 62.4 Å². The number of benzene rings is 2. The summed E-state index contributed by atoms with van der Waals surface area (Å²) in [5, 5.41) is 3.86. The minimum absolute atomic E-state index is 0.0933. The zero-order chi connectivity index (χ0) is 24.5. The lowest BCUT2D eigenvalue weighted by molar-refractivity contribution is 0.0525. The van der Waals surface area contributed by atoms with Crippen LogP contribution in [-0.4, -0.2) is 30.3 Å². The van der Waals surface area contributed by atoms with Crippen LogP contribution in [-0.2, 0) is 4.74 Å². The van der Waals surface area contributed by atoms with E-state index in [4.69, 9.17) is 21.1 Å². The molecular formula is C26H31ClN2O4. The molecule has 6 nitrogen and oxygen atoms in total. The van der Waals surface area contributed by atoms with Gasteiger partial charge in [0.15, 0.2) is 0 Å². The van der Waals surface area contributed by atoms with Crippen LogP contribution in [0.3, 0.4) is 0 Å². The lowest BCUT2D eigenvalue weighted by atomic mass is 9.92. The van der Waals surface area contributed by atoms with Crippen LogP contribution in [0.25, 0.3) is 22.0 Å². The molecule has 0 saturated heterocycles. The van der Waals surface area contributed by atoms with E-state index in [1.165, 1.54) is 0 Å². The molecule has 176 valence electrons. The van der Waals surface area contributed by atoms with Crippen LogP contribution in [0.15, 0.2) is 35.1 Å². The fraction of sp³-hybridized carbons (Fsp3) is 0.385. The molecule has 1 amide bonds. The number of carbonyl (C=O) groups excluding carboxylic acids is 1. The number of ether oxygens (including phenoxy) is 2. The first-order valence-corrected chi connectivity index (χ1v) is 11.3. The molecule has 1 unspecified atom stereocenters. The third-order valence-corrected chi connectivity index (χ3v) is 6.03. The van der Waals surface area contributed by atoms with Gasteiger partial charge in [0.1, 0.15) is 16.4 Å². The summed E-state index contributed by atoms with van der Waals surface area (Å²) in [6.45, 7) is 11.8. The summed E-state index contributed by atoms with van der Waals surface area (Å²) in [6.07, 6.45) is -0.428. The average molecular weight is 471 g/mol. The Morgan fingerprint density at radius 3 is 2.39 bits per heavy atom. The molecule has 3 rings (SSSR count). The molecule has 3 aromatic rings. The number of fused-ring (bicyclic) bond motifs is 1. The first-order chi connectivity index (χ1) is 15.4. The summed E-state index contributed by atoms with van der Waals surface area (Å²) >= 11 is 6.30. The number of methoxy groups -OCH3 is 1. The Morgan fingerprint density at radius 1 is 1.18 bits per heavy atom. The molecule has 0 aliphatic rings. The van der Waals surface area contributed by atoms with E-state index in [-0.39, 0.29) is 16.5 Å². The summed E-state index contributed by atoms with van der Waals surface area (Å²) in [5.74, 6) is 0.800. The van der Waals surface area contributed by atoms with Crippen LogP contribution in [0.2, 0.25) is 5.02 Å². The zero-order valence-corrected chi connectivity index (χ0v) is 20.9. The van der Waals surface area contributed by atoms with Crippen molar-refractivity contribution >= 4 is 28.6 Å². The molecule has 0 bridgehead atoms. The Morgan fingerprint density at radius 2 is 1.82 bits per heavy atom. The Bertz CT molecular complexity index is 1240. The van der Waals surface area contributed by atoms with E-state index < -0.39 is 11.7 Å². The van der Waals surface area contributed by atoms with Crippen LogP contribution in [0, 0.1) is 13.8 Å². The van der Waals surface area contributed by atoms with Gasteiger partial charge in [-0.1, -0.05) is 42.8 Å². The molecular weight excluding hydrogens is 440 g/mol. The lowest BCUT2D eigenvalue weighted by Gasteiger charge is -2.21. The molecule has 0 radical (unpaired) electrons. The number of hydrogen-bond donors (Lipinski definition) is 2. The third-order valence-electron chi connectivity index (χ3n) is 5.57. The molecule has 0 fully saturated rings. The van der Waals surface area contributed by atoms with E-state index in [1.807, 2.05) is 71.9 Å². The van der Waals surface area contributed by atoms with Crippen molar-refractivity contribution in [2.24, 2.45) is 0 Å². The van der Waals surface area contributed by atoms with Gasteiger partial charge in [0.2, 0.25) is 0 Å². The van der Waals surface area contributed by atoms with Crippen LogP contribution in [0.5, 0.6) is 5.75 Å². The van der Waals surface area contributed by atoms with E-state index in [0.29, 0.717) is 17.9 Å². The molecule has 1 atom stereocenters. The second-order valence-corrected chi connectivity index (χ2v) is 9.70. The van der Waals surface area contributed by atoms with E-state index in [1.54, 1.807) is 7.11 Å². The smallest absolute Gasteiger partial charge is 0.407 e. The Hall–Kier alpha value is -2.99. The second-order valence-electron chi connectivity index (χ2n) is 9.32. The predicted molar refractivity (Wildman–Crippen MR) is 134 cm³/mol. The highest BCUT2D eigenvalue weighted by molar-refractivity contribution is 6.32. The monoisotopic (exact) mass is 470 g/mol. The third kappa shape index (κ3) is 5.33. The van der Waals surface area contributed by atoms with E-state index in [0.717, 1.165) is 33.2 Å². The average Bonchev–Trinajstić information content (AvgIpc) is 2.75. The molecule has 0 spiro atoms. The molecule has 0 aliphatic carbocycles. The summed E-state index contributed by atoms with van der Waals surface area (Å²) in [4.78, 5) is 27.1. The van der Waals surface area contributed by atoms with Crippen molar-refractivity contribution in [1.82, 2.24) is 10.3 Å². The highest BCUT2D eigenvalue weighted by atomic mass is 35.5. The number of amides is 1. The number of alkyl carbamates (subject to hydrolysis) is 1. The van der Waals surface area contributed by atoms with Gasteiger partial charge in [0, 0.05) is 17.5 Å². The van der Waals surface area contributed by atoms with Crippen LogP contribution in [0.4, 0.5) is 4.79 Å². The van der Waals surface area contributed by atoms with Gasteiger partial charge in [0.25, 0.3) is 5.56 Å². The maximum absolute atomic E-state index is 12.3. The Kier molecular flexibility index (Phi) is 7.08. The maximum atomic E-state index is 12.3. The minimum Gasteiger partial charge on any atom is -0.496 e. The first-order valence-electron chi connectivity index (χ1n) is 10.9. The SMILES string of the molecule is COc1cc(C)c2[nH]c(=O)c(Cl)c(C)c2c1-c1ccc(C(C)CNC(=O)OC(C)(C)C)cc1. The van der Waals surface area contributed by atoms with Crippen LogP contribution >= 0.6 is 11.6 Å². The molecule has 7 heteroatoms. The van der Waals surface area contributed by atoms with Gasteiger partial charge in [-0.2, -0.15) is 0 Å². The molecule has 33 heavy (non-hydrogen) atoms. The van der Waals surface area contributed by atoms with Gasteiger partial charge in [-0.25, -0.2) is 4.79 Å². The van der Waals surface area contributed by atoms with Gasteiger partial charge < -0.3 is 19.8 Å². The van der Waals surface area contributed by atoms with Crippen LogP contribution in [0.1, 0.15) is 50.3 Å². The quantitative estimate of drug-likeness (QED) is 0.472. The van der Waals surface area contributed by atoms with Gasteiger partial charge in [-0.3, -0.25) is 4.79 Å². The summed E-state index contributed by atoms with van der Waals surface area (Å²) in [7, 11) is 1.63. The number of aromatic amines is 1. The summed E-state index contributed by atoms with van der Waals surface area (Å²) < 4.78 is 11.0. The molecule has 1 aromatic heterocycles. The van der Waals surface area contributed by atoms with Crippen molar-refractivity contribution in [3.63, 3.8) is 0 Å². The van der Waals surface area contributed by atoms with Gasteiger partial charge in [-0.05, 0) is 68.9 Å². The molecule has 2 aromatic carbocycles. The maximum Gasteiger partial charge on any atom is 0.407 e. The van der Waals surface area contributed by atoms with Crippen LogP contribution < -0.4 is 15.6 Å². The number of carbonyl (C=O) groups is 1. The summed E-state index contributed by atoms with van der Waals surface area (Å²) in [5.41, 5.74) is 4.43. The number of halogens is 1. The number of nitrogens with one attached hydrogen (secondary N) is 2. The van der Waals surface area contributed by atoms with Crippen molar-refractivity contribution in [2.45, 2.75) is 53.1 Å². The Labute approximate surface area is 199 Å².